The molecule has 138 valence electrons. The van der Waals surface area contributed by atoms with Crippen molar-refractivity contribution in [3.05, 3.63) is 57.6 Å². The topological polar surface area (TPSA) is 121 Å². The molecule has 0 spiro atoms. The van der Waals surface area contributed by atoms with E-state index in [1.807, 2.05) is 0 Å². The van der Waals surface area contributed by atoms with Crippen molar-refractivity contribution in [1.82, 2.24) is 0 Å². The molecule has 7 nitrogen and oxygen atoms in total. The molecule has 3 N–H and O–H groups in total. The van der Waals surface area contributed by atoms with E-state index in [1.54, 1.807) is 33.8 Å². The third-order valence-corrected chi connectivity index (χ3v) is 5.58. The molecule has 0 radical (unpaired) electrons. The average Bonchev–Trinajstić information content (AvgIpc) is 2.51. The van der Waals surface area contributed by atoms with Gasteiger partial charge in [0.25, 0.3) is 10.0 Å². The highest BCUT2D eigenvalue weighted by molar-refractivity contribution is 7.92. The summed E-state index contributed by atoms with van der Waals surface area (Å²) in [7, 11) is -4.19. The lowest BCUT2D eigenvalue weighted by Crippen LogP contribution is -2.19. The number of benzene rings is 2. The molecule has 0 unspecified atom stereocenters. The highest BCUT2D eigenvalue weighted by Gasteiger charge is 2.24. The summed E-state index contributed by atoms with van der Waals surface area (Å²) in [6.07, 6.45) is 0. The molecule has 0 fully saturated rings. The number of carboxylic acid groups (broad SMARTS) is 2. The van der Waals surface area contributed by atoms with Gasteiger partial charge in [0.15, 0.2) is 0 Å². The van der Waals surface area contributed by atoms with Crippen LogP contribution in [0.15, 0.2) is 29.2 Å². The number of sulfonamides is 1. The van der Waals surface area contributed by atoms with Crippen molar-refractivity contribution in [2.24, 2.45) is 0 Å². The minimum Gasteiger partial charge on any atom is -0.478 e. The molecular formula is C18H19NO6S. The molecule has 0 bridgehead atoms. The summed E-state index contributed by atoms with van der Waals surface area (Å²) in [6, 6.07) is 5.49. The van der Waals surface area contributed by atoms with Crippen molar-refractivity contribution in [2.45, 2.75) is 32.6 Å². The van der Waals surface area contributed by atoms with E-state index in [0.717, 1.165) is 6.07 Å². The molecule has 0 atom stereocenters. The van der Waals surface area contributed by atoms with Gasteiger partial charge in [0, 0.05) is 0 Å². The molecule has 0 aliphatic carbocycles. The van der Waals surface area contributed by atoms with E-state index < -0.39 is 22.0 Å². The predicted octanol–water partition coefficient (Wildman–Crippen LogP) is 3.12. The van der Waals surface area contributed by atoms with E-state index in [4.69, 9.17) is 0 Å². The van der Waals surface area contributed by atoms with Gasteiger partial charge in [0.05, 0.1) is 21.7 Å². The van der Waals surface area contributed by atoms with Crippen LogP contribution in [0.3, 0.4) is 0 Å². The van der Waals surface area contributed by atoms with E-state index in [2.05, 4.69) is 4.72 Å². The number of hydrogen-bond donors (Lipinski definition) is 3. The van der Waals surface area contributed by atoms with Crippen LogP contribution in [-0.2, 0) is 10.0 Å². The number of carboxylic acids is 2. The first kappa shape index (κ1) is 19.5. The highest BCUT2D eigenvalue weighted by atomic mass is 32.2. The Morgan fingerprint density at radius 3 is 2.04 bits per heavy atom. The predicted molar refractivity (Wildman–Crippen MR) is 96.6 cm³/mol. The Hall–Kier alpha value is -2.87. The fourth-order valence-electron chi connectivity index (χ4n) is 2.69. The molecule has 0 aliphatic heterocycles. The van der Waals surface area contributed by atoms with Crippen molar-refractivity contribution < 1.29 is 28.2 Å². The van der Waals surface area contributed by atoms with Crippen LogP contribution in [0.25, 0.3) is 0 Å². The zero-order valence-corrected chi connectivity index (χ0v) is 15.6. The summed E-state index contributed by atoms with van der Waals surface area (Å²) < 4.78 is 28.0. The highest BCUT2D eigenvalue weighted by Crippen LogP contribution is 2.28. The third kappa shape index (κ3) is 3.70. The van der Waals surface area contributed by atoms with Gasteiger partial charge in [-0.25, -0.2) is 18.0 Å². The van der Waals surface area contributed by atoms with Crippen molar-refractivity contribution >= 4 is 27.6 Å². The Bertz CT molecular complexity index is 1020. The minimum absolute atomic E-state index is 0.0409. The van der Waals surface area contributed by atoms with E-state index in [9.17, 15) is 28.2 Å². The van der Waals surface area contributed by atoms with Gasteiger partial charge in [-0.2, -0.15) is 0 Å². The first-order valence-corrected chi connectivity index (χ1v) is 9.14. The van der Waals surface area contributed by atoms with Crippen LogP contribution in [0.4, 0.5) is 5.69 Å². The van der Waals surface area contributed by atoms with Gasteiger partial charge in [-0.15, -0.1) is 0 Å². The Kier molecular flexibility index (Phi) is 5.09. The van der Waals surface area contributed by atoms with Gasteiger partial charge in [0.1, 0.15) is 0 Å². The van der Waals surface area contributed by atoms with Crippen LogP contribution in [0.2, 0.25) is 0 Å². The average molecular weight is 377 g/mol. The molecule has 0 heterocycles. The van der Waals surface area contributed by atoms with Gasteiger partial charge in [-0.1, -0.05) is 6.07 Å². The van der Waals surface area contributed by atoms with Gasteiger partial charge in [0.2, 0.25) is 0 Å². The number of rotatable bonds is 5. The Balaban J connectivity index is 2.65. The van der Waals surface area contributed by atoms with Gasteiger partial charge < -0.3 is 10.2 Å². The van der Waals surface area contributed by atoms with E-state index in [0.29, 0.717) is 22.3 Å². The SMILES string of the molecule is Cc1cc(C)c(NS(=O)(=O)c2cc(C(=O)O)cc(C)c2C)c(C(=O)O)c1. The van der Waals surface area contributed by atoms with Gasteiger partial charge in [-0.05, 0) is 68.1 Å². The molecule has 0 saturated carbocycles. The Labute approximate surface area is 151 Å². The second-order valence-corrected chi connectivity index (χ2v) is 7.79. The largest absolute Gasteiger partial charge is 0.478 e. The number of hydrogen-bond acceptors (Lipinski definition) is 4. The van der Waals surface area contributed by atoms with Crippen molar-refractivity contribution in [3.63, 3.8) is 0 Å². The third-order valence-electron chi connectivity index (χ3n) is 4.10. The monoisotopic (exact) mass is 377 g/mol. The van der Waals surface area contributed by atoms with Crippen LogP contribution in [0, 0.1) is 27.7 Å². The zero-order chi connectivity index (χ0) is 19.8. The van der Waals surface area contributed by atoms with Gasteiger partial charge in [-0.3, -0.25) is 4.72 Å². The van der Waals surface area contributed by atoms with Crippen LogP contribution in [0.1, 0.15) is 43.0 Å². The quantitative estimate of drug-likeness (QED) is 0.736. The van der Waals surface area contributed by atoms with Crippen LogP contribution >= 0.6 is 0 Å². The molecule has 26 heavy (non-hydrogen) atoms. The molecule has 2 aromatic carbocycles. The van der Waals surface area contributed by atoms with E-state index in [1.165, 1.54) is 12.1 Å². The number of carbonyl (C=O) groups is 2. The van der Waals surface area contributed by atoms with E-state index in [-0.39, 0.29) is 21.7 Å². The molecule has 8 heteroatoms. The Morgan fingerprint density at radius 2 is 1.50 bits per heavy atom. The lowest BCUT2D eigenvalue weighted by atomic mass is 10.0. The fraction of sp³-hybridized carbons (Fsp3) is 0.222. The molecule has 0 amide bonds. The maximum atomic E-state index is 12.9. The number of aromatic carboxylic acids is 2. The molecule has 2 aromatic rings. The number of anilines is 1. The maximum Gasteiger partial charge on any atom is 0.337 e. The number of nitrogens with one attached hydrogen (secondary N) is 1. The lowest BCUT2D eigenvalue weighted by Gasteiger charge is -2.16. The van der Waals surface area contributed by atoms with Gasteiger partial charge >= 0.3 is 11.9 Å². The first-order valence-electron chi connectivity index (χ1n) is 7.66. The fourth-order valence-corrected chi connectivity index (χ4v) is 4.19. The smallest absolute Gasteiger partial charge is 0.337 e. The lowest BCUT2D eigenvalue weighted by molar-refractivity contribution is 0.0686. The normalized spacial score (nSPS) is 11.2. The molecule has 2 rings (SSSR count). The molecule has 0 aromatic heterocycles. The summed E-state index contributed by atoms with van der Waals surface area (Å²) in [6.45, 7) is 6.49. The molecule has 0 saturated heterocycles. The van der Waals surface area contributed by atoms with Crippen molar-refractivity contribution in [1.29, 1.82) is 0 Å². The first-order chi connectivity index (χ1) is 11.9. The van der Waals surface area contributed by atoms with E-state index >= 15 is 0 Å². The minimum atomic E-state index is -4.19. The Morgan fingerprint density at radius 1 is 0.885 bits per heavy atom. The van der Waals surface area contributed by atoms with Crippen molar-refractivity contribution in [2.75, 3.05) is 4.72 Å². The zero-order valence-electron chi connectivity index (χ0n) is 14.7. The summed E-state index contributed by atoms with van der Waals surface area (Å²) in [5, 5.41) is 18.6. The van der Waals surface area contributed by atoms with Crippen LogP contribution in [-0.4, -0.2) is 30.6 Å². The summed E-state index contributed by atoms with van der Waals surface area (Å²) in [5.41, 5.74) is 1.66. The summed E-state index contributed by atoms with van der Waals surface area (Å²) in [4.78, 5) is 22.5. The molecule has 0 aliphatic rings. The number of aryl methyl sites for hydroxylation is 3. The second-order valence-electron chi connectivity index (χ2n) is 6.14. The summed E-state index contributed by atoms with van der Waals surface area (Å²) >= 11 is 0. The summed E-state index contributed by atoms with van der Waals surface area (Å²) in [5.74, 6) is -2.51. The second kappa shape index (κ2) is 6.80. The van der Waals surface area contributed by atoms with Crippen LogP contribution in [0.5, 0.6) is 0 Å². The van der Waals surface area contributed by atoms with Crippen molar-refractivity contribution in [3.8, 4) is 0 Å². The standard InChI is InChI=1S/C18H19NO6S/c1-9-5-11(3)16(14(6-9)18(22)23)19-26(24,25)15-8-13(17(20)21)7-10(2)12(15)4/h5-8,19H,1-4H3,(H,20,21)(H,22,23). The maximum absolute atomic E-state index is 12.9. The molecular weight excluding hydrogens is 358 g/mol. The van der Waals surface area contributed by atoms with Crippen LogP contribution < -0.4 is 4.72 Å².